The van der Waals surface area contributed by atoms with E-state index < -0.39 is 11.7 Å². The highest BCUT2D eigenvalue weighted by Gasteiger charge is 2.25. The number of hydrogen-bond donors (Lipinski definition) is 2. The number of pyridine rings is 1. The second-order valence-corrected chi connectivity index (χ2v) is 7.45. The molecule has 2 aromatic heterocycles. The average molecular weight is 347 g/mol. The van der Waals surface area contributed by atoms with Gasteiger partial charge in [0.1, 0.15) is 11.1 Å². The van der Waals surface area contributed by atoms with Crippen LogP contribution in [-0.2, 0) is 11.8 Å². The molecular formula is C17H25N5O3. The van der Waals surface area contributed by atoms with Gasteiger partial charge in [0, 0.05) is 32.4 Å². The molecule has 1 saturated heterocycles. The van der Waals surface area contributed by atoms with Crippen LogP contribution in [0.1, 0.15) is 33.6 Å². The summed E-state index contributed by atoms with van der Waals surface area (Å²) >= 11 is 0. The number of aryl methyl sites for hydroxylation is 1. The number of anilines is 1. The zero-order valence-corrected chi connectivity index (χ0v) is 15.1. The molecule has 1 amide bonds. The van der Waals surface area contributed by atoms with Gasteiger partial charge in [0.2, 0.25) is 0 Å². The summed E-state index contributed by atoms with van der Waals surface area (Å²) in [7, 11) is 1.70. The Kier molecular flexibility index (Phi) is 4.45. The third-order valence-electron chi connectivity index (χ3n) is 4.25. The van der Waals surface area contributed by atoms with Crippen molar-refractivity contribution >= 4 is 22.9 Å². The number of imidazole rings is 1. The fourth-order valence-electron chi connectivity index (χ4n) is 3.15. The van der Waals surface area contributed by atoms with Gasteiger partial charge in [-0.3, -0.25) is 4.57 Å². The van der Waals surface area contributed by atoms with Crippen molar-refractivity contribution < 1.29 is 9.53 Å². The first-order valence-corrected chi connectivity index (χ1v) is 8.53. The Morgan fingerprint density at radius 1 is 1.44 bits per heavy atom. The number of carbonyl (C=O) groups is 1. The molecule has 25 heavy (non-hydrogen) atoms. The predicted octanol–water partition coefficient (Wildman–Crippen LogP) is 1.76. The predicted molar refractivity (Wildman–Crippen MR) is 95.9 cm³/mol. The summed E-state index contributed by atoms with van der Waals surface area (Å²) in [6, 6.07) is 1.90. The maximum atomic E-state index is 12.0. The van der Waals surface area contributed by atoms with E-state index in [0.29, 0.717) is 12.2 Å². The first-order valence-electron chi connectivity index (χ1n) is 8.53. The smallest absolute Gasteiger partial charge is 0.407 e. The van der Waals surface area contributed by atoms with Crippen molar-refractivity contribution in [2.75, 3.05) is 18.0 Å². The zero-order valence-electron chi connectivity index (χ0n) is 15.1. The number of nitrogens with one attached hydrogen (secondary N) is 2. The maximum absolute atomic E-state index is 12.0. The largest absolute Gasteiger partial charge is 0.444 e. The molecule has 3 rings (SSSR count). The number of piperidine rings is 1. The Morgan fingerprint density at radius 3 is 2.92 bits per heavy atom. The molecule has 1 unspecified atom stereocenters. The van der Waals surface area contributed by atoms with Crippen molar-refractivity contribution in [3.05, 3.63) is 22.7 Å². The summed E-state index contributed by atoms with van der Waals surface area (Å²) < 4.78 is 6.84. The molecule has 3 heterocycles. The van der Waals surface area contributed by atoms with E-state index in [1.165, 1.54) is 4.57 Å². The standard InChI is InChI=1S/C17H25N5O3/c1-17(2,3)25-16(24)19-11-6-5-9-22(10-11)12-7-8-18-14-13(12)20-15(23)21(14)4/h7-8,11H,5-6,9-10H2,1-4H3,(H,19,24)(H,20,23). The van der Waals surface area contributed by atoms with Gasteiger partial charge in [-0.1, -0.05) is 0 Å². The van der Waals surface area contributed by atoms with E-state index >= 15 is 0 Å². The molecule has 2 N–H and O–H groups in total. The molecule has 0 aromatic carbocycles. The molecule has 0 radical (unpaired) electrons. The highest BCUT2D eigenvalue weighted by Crippen LogP contribution is 2.25. The molecule has 2 aromatic rings. The van der Waals surface area contributed by atoms with Gasteiger partial charge in [0.15, 0.2) is 5.65 Å². The lowest BCUT2D eigenvalue weighted by Crippen LogP contribution is -2.49. The summed E-state index contributed by atoms with van der Waals surface area (Å²) in [5.74, 6) is 0. The van der Waals surface area contributed by atoms with Crippen LogP contribution < -0.4 is 15.9 Å². The SMILES string of the molecule is Cn1c(=O)[nH]c2c(N3CCCC(NC(=O)OC(C)(C)C)C3)ccnc21. The van der Waals surface area contributed by atoms with Gasteiger partial charge in [0.05, 0.1) is 5.69 Å². The van der Waals surface area contributed by atoms with Crippen LogP contribution in [0.15, 0.2) is 17.1 Å². The van der Waals surface area contributed by atoms with E-state index in [0.717, 1.165) is 30.6 Å². The number of fused-ring (bicyclic) bond motifs is 1. The molecule has 1 aliphatic heterocycles. The van der Waals surface area contributed by atoms with E-state index in [1.807, 2.05) is 26.8 Å². The maximum Gasteiger partial charge on any atom is 0.407 e. The lowest BCUT2D eigenvalue weighted by Gasteiger charge is -2.35. The minimum atomic E-state index is -0.515. The van der Waals surface area contributed by atoms with Crippen LogP contribution in [0, 0.1) is 0 Å². The van der Waals surface area contributed by atoms with Crippen molar-refractivity contribution in [3.8, 4) is 0 Å². The molecule has 136 valence electrons. The molecule has 0 spiro atoms. The summed E-state index contributed by atoms with van der Waals surface area (Å²) in [5, 5.41) is 2.94. The highest BCUT2D eigenvalue weighted by molar-refractivity contribution is 5.86. The van der Waals surface area contributed by atoms with Gasteiger partial charge in [0.25, 0.3) is 0 Å². The van der Waals surface area contributed by atoms with Crippen molar-refractivity contribution in [2.45, 2.75) is 45.3 Å². The molecule has 1 aliphatic rings. The van der Waals surface area contributed by atoms with E-state index in [9.17, 15) is 9.59 Å². The number of ether oxygens (including phenoxy) is 1. The normalized spacial score (nSPS) is 18.4. The van der Waals surface area contributed by atoms with Crippen molar-refractivity contribution in [3.63, 3.8) is 0 Å². The fourth-order valence-corrected chi connectivity index (χ4v) is 3.15. The molecule has 0 saturated carbocycles. The summed E-state index contributed by atoms with van der Waals surface area (Å²) in [6.45, 7) is 7.06. The van der Waals surface area contributed by atoms with E-state index in [-0.39, 0.29) is 11.7 Å². The summed E-state index contributed by atoms with van der Waals surface area (Å²) in [6.07, 6.45) is 3.15. The number of aromatic nitrogens is 3. The van der Waals surface area contributed by atoms with Crippen molar-refractivity contribution in [2.24, 2.45) is 7.05 Å². The number of hydrogen-bond acceptors (Lipinski definition) is 5. The van der Waals surface area contributed by atoms with Gasteiger partial charge in [-0.25, -0.2) is 14.6 Å². The van der Waals surface area contributed by atoms with Gasteiger partial charge in [-0.15, -0.1) is 0 Å². The first kappa shape index (κ1) is 17.3. The van der Waals surface area contributed by atoms with Crippen LogP contribution in [0.2, 0.25) is 0 Å². The van der Waals surface area contributed by atoms with Gasteiger partial charge in [-0.05, 0) is 39.7 Å². The van der Waals surface area contributed by atoms with Gasteiger partial charge in [-0.2, -0.15) is 0 Å². The lowest BCUT2D eigenvalue weighted by molar-refractivity contribution is 0.0500. The summed E-state index contributed by atoms with van der Waals surface area (Å²) in [4.78, 5) is 33.2. The Bertz CT molecular complexity index is 833. The number of rotatable bonds is 2. The molecule has 0 bridgehead atoms. The highest BCUT2D eigenvalue weighted by atomic mass is 16.6. The third-order valence-corrected chi connectivity index (χ3v) is 4.25. The minimum absolute atomic E-state index is 0.00208. The van der Waals surface area contributed by atoms with Crippen LogP contribution >= 0.6 is 0 Å². The van der Waals surface area contributed by atoms with Crippen LogP contribution in [0.25, 0.3) is 11.2 Å². The van der Waals surface area contributed by atoms with Crippen LogP contribution in [0.3, 0.4) is 0 Å². The second-order valence-electron chi connectivity index (χ2n) is 7.45. The van der Waals surface area contributed by atoms with Crippen LogP contribution in [0.4, 0.5) is 10.5 Å². The monoisotopic (exact) mass is 347 g/mol. The van der Waals surface area contributed by atoms with E-state index in [1.54, 1.807) is 13.2 Å². The van der Waals surface area contributed by atoms with Crippen LogP contribution in [0.5, 0.6) is 0 Å². The molecular weight excluding hydrogens is 322 g/mol. The van der Waals surface area contributed by atoms with Crippen molar-refractivity contribution in [1.29, 1.82) is 0 Å². The number of nitrogens with zero attached hydrogens (tertiary/aromatic N) is 3. The Labute approximate surface area is 146 Å². The zero-order chi connectivity index (χ0) is 18.2. The molecule has 8 nitrogen and oxygen atoms in total. The minimum Gasteiger partial charge on any atom is -0.444 e. The third kappa shape index (κ3) is 3.78. The fraction of sp³-hybridized carbons (Fsp3) is 0.588. The quantitative estimate of drug-likeness (QED) is 0.863. The average Bonchev–Trinajstić information content (AvgIpc) is 2.81. The van der Waals surface area contributed by atoms with E-state index in [2.05, 4.69) is 20.2 Å². The van der Waals surface area contributed by atoms with Gasteiger partial charge < -0.3 is 19.9 Å². The number of aromatic amines is 1. The molecule has 0 aliphatic carbocycles. The first-order chi connectivity index (χ1) is 11.7. The topological polar surface area (TPSA) is 92.2 Å². The summed E-state index contributed by atoms with van der Waals surface area (Å²) in [5.41, 5.74) is 1.59. The van der Waals surface area contributed by atoms with Crippen LogP contribution in [-0.4, -0.2) is 45.4 Å². The van der Waals surface area contributed by atoms with Crippen molar-refractivity contribution in [1.82, 2.24) is 19.9 Å². The second kappa shape index (κ2) is 6.42. The molecule has 8 heteroatoms. The molecule has 1 atom stereocenters. The number of carbonyl (C=O) groups excluding carboxylic acids is 1. The molecule has 1 fully saturated rings. The van der Waals surface area contributed by atoms with E-state index in [4.69, 9.17) is 4.74 Å². The Morgan fingerprint density at radius 2 is 2.20 bits per heavy atom. The Hall–Kier alpha value is -2.51. The lowest BCUT2D eigenvalue weighted by atomic mass is 10.1. The van der Waals surface area contributed by atoms with Gasteiger partial charge >= 0.3 is 11.8 Å². The number of amides is 1. The number of alkyl carbamates (subject to hydrolysis) is 1. The Balaban J connectivity index is 1.77. The number of H-pyrrole nitrogens is 1.